The van der Waals surface area contributed by atoms with Crippen LogP contribution in [0.1, 0.15) is 36.1 Å². The minimum absolute atomic E-state index is 0.134. The summed E-state index contributed by atoms with van der Waals surface area (Å²) >= 11 is 1.29. The number of anilines is 2. The molecule has 2 heterocycles. The van der Waals surface area contributed by atoms with Crippen LogP contribution in [0.15, 0.2) is 36.4 Å². The Morgan fingerprint density at radius 1 is 1.11 bits per heavy atom. The van der Waals surface area contributed by atoms with Gasteiger partial charge in [-0.15, -0.1) is 11.3 Å². The van der Waals surface area contributed by atoms with Crippen LogP contribution in [-0.2, 0) is 15.7 Å². The number of hydrogen-bond acceptors (Lipinski definition) is 8. The lowest BCUT2D eigenvalue weighted by Crippen LogP contribution is -2.46. The van der Waals surface area contributed by atoms with Crippen LogP contribution < -0.4 is 20.7 Å². The zero-order valence-corrected chi connectivity index (χ0v) is 27.2. The molecule has 240 valence electrons. The van der Waals surface area contributed by atoms with E-state index >= 15 is 0 Å². The van der Waals surface area contributed by atoms with Crippen LogP contribution in [0.3, 0.4) is 0 Å². The Labute approximate surface area is 266 Å². The third-order valence-corrected chi connectivity index (χ3v) is 11.0. The molecular weight excluding hydrogens is 620 g/mol. The summed E-state index contributed by atoms with van der Waals surface area (Å²) in [6.45, 7) is 6.77. The summed E-state index contributed by atoms with van der Waals surface area (Å²) in [5, 5.41) is 16.9. The standard InChI is InChI=1S/C33H38F3N4O3PS/c1-44(2,41)25-12-13-28(30(21-25)43-18-14-37)38-15-4-7-31-27(22-33(34,35)36)26-5-3-6-29(32(26)45-31)39-23-8-10-24(11-9-23)40-16-19-42-20-17-40/h3,5-6,12-13,21,23-24,38-39H,8-11,15-20,22H2,1-2H3. The SMILES string of the molecule is CP(C)(=O)c1ccc(NCC#Cc2sc3c(NC4CCC(N5CCOCC5)CC4)cccc3c2CC(F)(F)F)c(OCC#N)c1. The molecular formula is C33H38F3N4O3PS. The lowest BCUT2D eigenvalue weighted by Gasteiger charge is -2.39. The average Bonchev–Trinajstić information content (AvgIpc) is 3.35. The number of nitrogens with zero attached hydrogens (tertiary/aromatic N) is 2. The third-order valence-electron chi connectivity index (χ3n) is 8.26. The molecule has 1 aliphatic heterocycles. The molecule has 7 nitrogen and oxygen atoms in total. The van der Waals surface area contributed by atoms with Crippen molar-refractivity contribution in [3.63, 3.8) is 0 Å². The van der Waals surface area contributed by atoms with Crippen LogP contribution in [-0.4, -0.2) is 75.9 Å². The highest BCUT2D eigenvalue weighted by atomic mass is 32.1. The number of morpholine rings is 1. The van der Waals surface area contributed by atoms with Gasteiger partial charge in [0.1, 0.15) is 19.0 Å². The zero-order valence-electron chi connectivity index (χ0n) is 25.5. The highest BCUT2D eigenvalue weighted by molar-refractivity contribution is 7.70. The maximum Gasteiger partial charge on any atom is 0.393 e. The van der Waals surface area contributed by atoms with Crippen molar-refractivity contribution in [2.24, 2.45) is 0 Å². The molecule has 5 rings (SSSR count). The van der Waals surface area contributed by atoms with Gasteiger partial charge in [0.25, 0.3) is 0 Å². The molecule has 1 saturated carbocycles. The topological polar surface area (TPSA) is 86.6 Å². The first-order valence-electron chi connectivity index (χ1n) is 15.1. The van der Waals surface area contributed by atoms with Gasteiger partial charge in [-0.3, -0.25) is 4.90 Å². The van der Waals surface area contributed by atoms with Crippen molar-refractivity contribution in [1.29, 1.82) is 5.26 Å². The molecule has 0 amide bonds. The van der Waals surface area contributed by atoms with Gasteiger partial charge >= 0.3 is 6.18 Å². The second kappa shape index (κ2) is 14.5. The van der Waals surface area contributed by atoms with Crippen molar-refractivity contribution in [2.75, 3.05) is 63.4 Å². The summed E-state index contributed by atoms with van der Waals surface area (Å²) in [6, 6.07) is 13.3. The second-order valence-corrected chi connectivity index (χ2v) is 16.1. The molecule has 0 spiro atoms. The Morgan fingerprint density at radius 2 is 1.87 bits per heavy atom. The van der Waals surface area contributed by atoms with E-state index in [4.69, 9.17) is 14.7 Å². The van der Waals surface area contributed by atoms with Gasteiger partial charge in [-0.1, -0.05) is 24.0 Å². The second-order valence-electron chi connectivity index (χ2n) is 11.8. The van der Waals surface area contributed by atoms with Crippen LogP contribution >= 0.6 is 18.5 Å². The molecule has 0 unspecified atom stereocenters. The number of halogens is 3. The Kier molecular flexibility index (Phi) is 10.7. The number of benzene rings is 2. The number of nitriles is 1. The molecule has 2 N–H and O–H groups in total. The predicted octanol–water partition coefficient (Wildman–Crippen LogP) is 6.68. The van der Waals surface area contributed by atoms with Crippen molar-refractivity contribution in [3.8, 4) is 23.7 Å². The van der Waals surface area contributed by atoms with Gasteiger partial charge in [-0.05, 0) is 74.2 Å². The molecule has 1 saturated heterocycles. The molecule has 1 aliphatic carbocycles. The van der Waals surface area contributed by atoms with E-state index in [0.717, 1.165) is 62.4 Å². The lowest BCUT2D eigenvalue weighted by atomic mass is 9.89. The highest BCUT2D eigenvalue weighted by Crippen LogP contribution is 2.40. The van der Waals surface area contributed by atoms with Crippen molar-refractivity contribution in [2.45, 2.75) is 50.4 Å². The first kappa shape index (κ1) is 33.2. The van der Waals surface area contributed by atoms with Gasteiger partial charge in [-0.2, -0.15) is 18.4 Å². The number of alkyl halides is 3. The Hall–Kier alpha value is -3.21. The first-order chi connectivity index (χ1) is 21.5. The van der Waals surface area contributed by atoms with E-state index in [1.807, 2.05) is 18.2 Å². The van der Waals surface area contributed by atoms with E-state index in [2.05, 4.69) is 27.4 Å². The summed E-state index contributed by atoms with van der Waals surface area (Å²) in [5.74, 6) is 6.34. The van der Waals surface area contributed by atoms with E-state index in [-0.39, 0.29) is 24.8 Å². The van der Waals surface area contributed by atoms with Crippen molar-refractivity contribution < 1.29 is 27.2 Å². The Balaban J connectivity index is 1.33. The normalized spacial score (nSPS) is 19.4. The number of nitrogens with one attached hydrogen (secondary N) is 2. The molecule has 3 aromatic rings. The fourth-order valence-corrected chi connectivity index (χ4v) is 8.03. The van der Waals surface area contributed by atoms with E-state index in [1.165, 1.54) is 11.3 Å². The number of hydrogen-bond donors (Lipinski definition) is 2. The van der Waals surface area contributed by atoms with E-state index < -0.39 is 19.7 Å². The maximum atomic E-state index is 13.7. The minimum atomic E-state index is -4.38. The lowest BCUT2D eigenvalue weighted by molar-refractivity contribution is -0.126. The largest absolute Gasteiger partial charge is 0.477 e. The van der Waals surface area contributed by atoms with Crippen molar-refractivity contribution >= 4 is 45.2 Å². The number of fused-ring (bicyclic) bond motifs is 1. The molecule has 2 aliphatic rings. The fraction of sp³-hybridized carbons (Fsp3) is 0.485. The monoisotopic (exact) mass is 658 g/mol. The number of thiophene rings is 1. The maximum absolute atomic E-state index is 13.7. The molecule has 0 radical (unpaired) electrons. The van der Waals surface area contributed by atoms with Crippen LogP contribution in [0.5, 0.6) is 5.75 Å². The van der Waals surface area contributed by atoms with Gasteiger partial charge in [0, 0.05) is 30.5 Å². The molecule has 2 aromatic carbocycles. The van der Waals surface area contributed by atoms with Gasteiger partial charge in [-0.25, -0.2) is 0 Å². The van der Waals surface area contributed by atoms with Gasteiger partial charge in [0.2, 0.25) is 0 Å². The van der Waals surface area contributed by atoms with Gasteiger partial charge in [0.05, 0.1) is 47.1 Å². The van der Waals surface area contributed by atoms with Crippen molar-refractivity contribution in [1.82, 2.24) is 4.90 Å². The molecule has 2 fully saturated rings. The molecule has 0 atom stereocenters. The van der Waals surface area contributed by atoms with Crippen LogP contribution in [0, 0.1) is 23.2 Å². The van der Waals surface area contributed by atoms with Crippen molar-refractivity contribution in [3.05, 3.63) is 46.8 Å². The zero-order chi connectivity index (χ0) is 32.0. The predicted molar refractivity (Wildman–Crippen MR) is 176 cm³/mol. The summed E-state index contributed by atoms with van der Waals surface area (Å²) in [7, 11) is -2.55. The van der Waals surface area contributed by atoms with Crippen LogP contribution in [0.2, 0.25) is 0 Å². The summed E-state index contributed by atoms with van der Waals surface area (Å²) in [5.41, 5.74) is 1.60. The van der Waals surface area contributed by atoms with E-state index in [9.17, 15) is 17.7 Å². The highest BCUT2D eigenvalue weighted by Gasteiger charge is 2.32. The van der Waals surface area contributed by atoms with E-state index in [1.54, 1.807) is 37.6 Å². The molecule has 12 heteroatoms. The Morgan fingerprint density at radius 3 is 2.56 bits per heavy atom. The van der Waals surface area contributed by atoms with Crippen LogP contribution in [0.4, 0.5) is 24.5 Å². The first-order valence-corrected chi connectivity index (χ1v) is 18.5. The van der Waals surface area contributed by atoms with E-state index in [0.29, 0.717) is 33.0 Å². The van der Waals surface area contributed by atoms with Gasteiger partial charge in [0.15, 0.2) is 6.61 Å². The Bertz CT molecular complexity index is 1640. The van der Waals surface area contributed by atoms with Gasteiger partial charge < -0.3 is 24.7 Å². The summed E-state index contributed by atoms with van der Waals surface area (Å²) in [4.78, 5) is 2.91. The summed E-state index contributed by atoms with van der Waals surface area (Å²) < 4.78 is 65.5. The minimum Gasteiger partial charge on any atom is -0.477 e. The molecule has 0 bridgehead atoms. The average molecular weight is 659 g/mol. The number of rotatable bonds is 9. The summed E-state index contributed by atoms with van der Waals surface area (Å²) in [6.07, 6.45) is -1.25. The fourth-order valence-electron chi connectivity index (χ4n) is 5.99. The van der Waals surface area contributed by atoms with Crippen LogP contribution in [0.25, 0.3) is 10.1 Å². The molecule has 1 aromatic heterocycles. The smallest absolute Gasteiger partial charge is 0.393 e. The number of ether oxygens (including phenoxy) is 2. The molecule has 45 heavy (non-hydrogen) atoms. The third kappa shape index (κ3) is 8.74. The quantitative estimate of drug-likeness (QED) is 0.196.